The van der Waals surface area contributed by atoms with Crippen LogP contribution in [0.3, 0.4) is 0 Å². The first-order chi connectivity index (χ1) is 10.1. The monoisotopic (exact) mass is 289 g/mol. The molecule has 0 radical (unpaired) electrons. The Hall–Kier alpha value is -2.44. The predicted molar refractivity (Wildman–Crippen MR) is 80.4 cm³/mol. The lowest BCUT2D eigenvalue weighted by Crippen LogP contribution is -2.52. The molecule has 2 fully saturated rings. The molecule has 7 nitrogen and oxygen atoms in total. The minimum Gasteiger partial charge on any atom is -0.397 e. The number of hydrogen-bond donors (Lipinski definition) is 3. The molecule has 21 heavy (non-hydrogen) atoms. The third-order valence-electron chi connectivity index (χ3n) is 4.09. The number of benzene rings is 1. The van der Waals surface area contributed by atoms with Crippen LogP contribution >= 0.6 is 0 Å². The molecule has 112 valence electrons. The Bertz CT molecular complexity index is 589. The number of carbonyl (C=O) groups excluding carboxylic acids is 2. The topological polar surface area (TPSA) is 90.7 Å². The lowest BCUT2D eigenvalue weighted by atomic mass is 10.1. The third-order valence-corrected chi connectivity index (χ3v) is 4.09. The molecule has 2 saturated heterocycles. The van der Waals surface area contributed by atoms with Crippen molar-refractivity contribution < 1.29 is 9.59 Å². The summed E-state index contributed by atoms with van der Waals surface area (Å²) in [7, 11) is 1.60. The van der Waals surface area contributed by atoms with Gasteiger partial charge in [0.25, 0.3) is 5.91 Å². The molecule has 1 aromatic carbocycles. The number of nitrogens with zero attached hydrogens (tertiary/aromatic N) is 2. The van der Waals surface area contributed by atoms with Crippen LogP contribution in [0.5, 0.6) is 0 Å². The van der Waals surface area contributed by atoms with Crippen LogP contribution in [0.1, 0.15) is 10.4 Å². The molecule has 7 heteroatoms. The number of nitrogens with one attached hydrogen (secondary N) is 2. The van der Waals surface area contributed by atoms with Crippen LogP contribution in [0.25, 0.3) is 0 Å². The van der Waals surface area contributed by atoms with Crippen LogP contribution in [-0.4, -0.2) is 56.1 Å². The van der Waals surface area contributed by atoms with E-state index in [1.807, 2.05) is 11.0 Å². The van der Waals surface area contributed by atoms with Gasteiger partial charge in [0, 0.05) is 38.8 Å². The van der Waals surface area contributed by atoms with Crippen LogP contribution in [-0.2, 0) is 0 Å². The summed E-state index contributed by atoms with van der Waals surface area (Å²) in [6.45, 7) is 2.76. The smallest absolute Gasteiger partial charge is 0.317 e. The van der Waals surface area contributed by atoms with E-state index in [-0.39, 0.29) is 18.0 Å². The fraction of sp³-hybridized carbons (Fsp3) is 0.429. The van der Waals surface area contributed by atoms with Crippen molar-refractivity contribution >= 4 is 23.3 Å². The Morgan fingerprint density at radius 2 is 2.24 bits per heavy atom. The Kier molecular flexibility index (Phi) is 3.32. The maximum absolute atomic E-state index is 11.8. The van der Waals surface area contributed by atoms with E-state index < -0.39 is 0 Å². The second-order valence-corrected chi connectivity index (χ2v) is 5.33. The number of anilines is 2. The second kappa shape index (κ2) is 5.16. The van der Waals surface area contributed by atoms with Crippen LogP contribution in [0.4, 0.5) is 16.2 Å². The summed E-state index contributed by atoms with van der Waals surface area (Å²) >= 11 is 0. The third kappa shape index (κ3) is 2.35. The number of rotatable bonds is 2. The average molecular weight is 289 g/mol. The largest absolute Gasteiger partial charge is 0.397 e. The molecule has 0 aliphatic carbocycles. The molecule has 1 atom stereocenters. The van der Waals surface area contributed by atoms with Gasteiger partial charge in [-0.2, -0.15) is 0 Å². The first kappa shape index (κ1) is 13.5. The zero-order chi connectivity index (χ0) is 15.0. The van der Waals surface area contributed by atoms with Crippen LogP contribution < -0.4 is 21.3 Å². The van der Waals surface area contributed by atoms with Gasteiger partial charge in [-0.3, -0.25) is 4.79 Å². The SMILES string of the molecule is CNC(=O)c1ccc(N)c(N2CCN3C(=O)NCC3C2)c1. The van der Waals surface area contributed by atoms with E-state index in [0.29, 0.717) is 30.9 Å². The van der Waals surface area contributed by atoms with Gasteiger partial charge in [0.2, 0.25) is 0 Å². The minimum atomic E-state index is -0.132. The number of piperazine rings is 1. The molecule has 0 saturated carbocycles. The van der Waals surface area contributed by atoms with E-state index in [9.17, 15) is 9.59 Å². The van der Waals surface area contributed by atoms with Crippen molar-refractivity contribution in [3.63, 3.8) is 0 Å². The van der Waals surface area contributed by atoms with Gasteiger partial charge < -0.3 is 26.2 Å². The van der Waals surface area contributed by atoms with Crippen molar-refractivity contribution in [1.82, 2.24) is 15.5 Å². The highest BCUT2D eigenvalue weighted by atomic mass is 16.2. The lowest BCUT2D eigenvalue weighted by Gasteiger charge is -2.38. The van der Waals surface area contributed by atoms with Crippen molar-refractivity contribution in [1.29, 1.82) is 0 Å². The van der Waals surface area contributed by atoms with Gasteiger partial charge in [-0.1, -0.05) is 0 Å². The fourth-order valence-electron chi connectivity index (χ4n) is 2.93. The first-order valence-corrected chi connectivity index (χ1v) is 7.01. The lowest BCUT2D eigenvalue weighted by molar-refractivity contribution is 0.0963. The van der Waals surface area contributed by atoms with Crippen molar-refractivity contribution in [2.45, 2.75) is 6.04 Å². The zero-order valence-electron chi connectivity index (χ0n) is 11.9. The number of nitrogens with two attached hydrogens (primary N) is 1. The molecule has 3 amide bonds. The van der Waals surface area contributed by atoms with Gasteiger partial charge >= 0.3 is 6.03 Å². The van der Waals surface area contributed by atoms with Crippen LogP contribution in [0, 0.1) is 0 Å². The quantitative estimate of drug-likeness (QED) is 0.660. The minimum absolute atomic E-state index is 0.00623. The van der Waals surface area contributed by atoms with E-state index in [2.05, 4.69) is 15.5 Å². The summed E-state index contributed by atoms with van der Waals surface area (Å²) in [5, 5.41) is 5.46. The summed E-state index contributed by atoms with van der Waals surface area (Å²) in [4.78, 5) is 27.4. The number of nitrogen functional groups attached to an aromatic ring is 1. The summed E-state index contributed by atoms with van der Waals surface area (Å²) in [6.07, 6.45) is 0. The highest BCUT2D eigenvalue weighted by Gasteiger charge is 2.35. The molecular formula is C14H19N5O2. The molecule has 0 spiro atoms. The van der Waals surface area contributed by atoms with Crippen molar-refractivity contribution in [3.8, 4) is 0 Å². The Labute approximate surface area is 123 Å². The number of urea groups is 1. The van der Waals surface area contributed by atoms with E-state index in [4.69, 9.17) is 5.73 Å². The van der Waals surface area contributed by atoms with Gasteiger partial charge in [-0.15, -0.1) is 0 Å². The molecule has 1 unspecified atom stereocenters. The Morgan fingerprint density at radius 1 is 1.43 bits per heavy atom. The van der Waals surface area contributed by atoms with Gasteiger partial charge in [0.05, 0.1) is 17.4 Å². The molecule has 2 aliphatic rings. The maximum Gasteiger partial charge on any atom is 0.317 e. The predicted octanol–water partition coefficient (Wildman–Crippen LogP) is -0.158. The van der Waals surface area contributed by atoms with Crippen molar-refractivity contribution in [2.75, 3.05) is 43.9 Å². The number of carbonyl (C=O) groups is 2. The van der Waals surface area contributed by atoms with E-state index in [1.165, 1.54) is 0 Å². The van der Waals surface area contributed by atoms with Gasteiger partial charge in [0.15, 0.2) is 0 Å². The molecule has 1 aromatic rings. The number of hydrogen-bond acceptors (Lipinski definition) is 4. The van der Waals surface area contributed by atoms with Crippen LogP contribution in [0.2, 0.25) is 0 Å². The molecule has 3 rings (SSSR count). The first-order valence-electron chi connectivity index (χ1n) is 7.01. The van der Waals surface area contributed by atoms with Crippen molar-refractivity contribution in [2.24, 2.45) is 0 Å². The van der Waals surface area contributed by atoms with E-state index >= 15 is 0 Å². The Balaban J connectivity index is 1.84. The highest BCUT2D eigenvalue weighted by Crippen LogP contribution is 2.28. The maximum atomic E-state index is 11.8. The van der Waals surface area contributed by atoms with E-state index in [1.54, 1.807) is 19.2 Å². The molecule has 2 aliphatic heterocycles. The molecule has 4 N–H and O–H groups in total. The van der Waals surface area contributed by atoms with E-state index in [0.717, 1.165) is 12.2 Å². The summed E-state index contributed by atoms with van der Waals surface area (Å²) in [5.74, 6) is -0.132. The van der Waals surface area contributed by atoms with Gasteiger partial charge in [-0.25, -0.2) is 4.79 Å². The summed E-state index contributed by atoms with van der Waals surface area (Å²) in [5.41, 5.74) is 8.15. The fourth-order valence-corrected chi connectivity index (χ4v) is 2.93. The highest BCUT2D eigenvalue weighted by molar-refractivity contribution is 5.96. The number of fused-ring (bicyclic) bond motifs is 1. The zero-order valence-corrected chi connectivity index (χ0v) is 11.9. The molecule has 2 heterocycles. The second-order valence-electron chi connectivity index (χ2n) is 5.33. The standard InChI is InChI=1S/C14H19N5O2/c1-16-13(20)9-2-3-11(15)12(6-9)18-4-5-19-10(8-18)7-17-14(19)21/h2-3,6,10H,4-5,7-8,15H2,1H3,(H,16,20)(H,17,21). The van der Waals surface area contributed by atoms with Gasteiger partial charge in [-0.05, 0) is 18.2 Å². The average Bonchev–Trinajstić information content (AvgIpc) is 2.88. The normalized spacial score (nSPS) is 21.0. The van der Waals surface area contributed by atoms with Crippen molar-refractivity contribution in [3.05, 3.63) is 23.8 Å². The number of amides is 3. The summed E-state index contributed by atoms with van der Waals surface area (Å²) < 4.78 is 0. The Morgan fingerprint density at radius 3 is 3.00 bits per heavy atom. The van der Waals surface area contributed by atoms with Gasteiger partial charge in [0.1, 0.15) is 0 Å². The summed E-state index contributed by atoms with van der Waals surface area (Å²) in [6, 6.07) is 5.45. The molecule has 0 aromatic heterocycles. The molecular weight excluding hydrogens is 270 g/mol. The van der Waals surface area contributed by atoms with Crippen LogP contribution in [0.15, 0.2) is 18.2 Å². The molecule has 0 bridgehead atoms.